The van der Waals surface area contributed by atoms with Crippen molar-refractivity contribution in [3.63, 3.8) is 0 Å². The number of aromatic nitrogens is 2. The average Bonchev–Trinajstić information content (AvgIpc) is 3.13. The lowest BCUT2D eigenvalue weighted by Crippen LogP contribution is -2.11. The Kier molecular flexibility index (Phi) is 4.83. The molecule has 7 nitrogen and oxygen atoms in total. The Labute approximate surface area is 156 Å². The van der Waals surface area contributed by atoms with E-state index in [9.17, 15) is 13.2 Å². The largest absolute Gasteiger partial charge is 0.403 e. The zero-order valence-electron chi connectivity index (χ0n) is 12.5. The van der Waals surface area contributed by atoms with Crippen LogP contribution in [0, 0.1) is 0 Å². The van der Waals surface area contributed by atoms with E-state index in [0.717, 1.165) is 17.6 Å². The summed E-state index contributed by atoms with van der Waals surface area (Å²) in [4.78, 5) is 12.3. The molecule has 3 aromatic rings. The molecule has 0 spiro atoms. The molecule has 3 rings (SSSR count). The average molecular weight is 418 g/mol. The summed E-state index contributed by atoms with van der Waals surface area (Å²) in [5.74, 6) is -0.402. The Bertz CT molecular complexity index is 1040. The lowest BCUT2D eigenvalue weighted by atomic mass is 10.2. The number of carbonyl (C=O) groups is 1. The topological polar surface area (TPSA) is 102 Å². The second-order valence-corrected chi connectivity index (χ2v) is 9.20. The van der Waals surface area contributed by atoms with Crippen molar-refractivity contribution in [3.8, 4) is 11.5 Å². The summed E-state index contributed by atoms with van der Waals surface area (Å²) in [7, 11) is -3.29. The van der Waals surface area contributed by atoms with E-state index < -0.39 is 15.7 Å². The maximum Gasteiger partial charge on any atom is 0.322 e. The van der Waals surface area contributed by atoms with Gasteiger partial charge in [0, 0.05) is 11.8 Å². The standard InChI is InChI=1S/C14H9Cl2N3O4S2/c1-25(21,22)8-4-2-7(3-5-8)13-18-19-14(23-13)17-12(20)9-6-10(15)24-11(9)16/h2-6H,1H3,(H,17,19,20). The highest BCUT2D eigenvalue weighted by atomic mass is 35.5. The van der Waals surface area contributed by atoms with E-state index in [0.29, 0.717) is 9.90 Å². The summed E-state index contributed by atoms with van der Waals surface area (Å²) in [6.45, 7) is 0. The number of amides is 1. The van der Waals surface area contributed by atoms with Gasteiger partial charge in [0.05, 0.1) is 14.8 Å². The van der Waals surface area contributed by atoms with Gasteiger partial charge in [0.1, 0.15) is 4.34 Å². The highest BCUT2D eigenvalue weighted by Gasteiger charge is 2.18. The van der Waals surface area contributed by atoms with Gasteiger partial charge >= 0.3 is 6.01 Å². The molecule has 0 fully saturated rings. The summed E-state index contributed by atoms with van der Waals surface area (Å²) >= 11 is 12.8. The van der Waals surface area contributed by atoms with E-state index in [1.807, 2.05) is 0 Å². The van der Waals surface area contributed by atoms with Gasteiger partial charge < -0.3 is 4.42 Å². The van der Waals surface area contributed by atoms with Crippen LogP contribution in [0.5, 0.6) is 0 Å². The molecular weight excluding hydrogens is 409 g/mol. The quantitative estimate of drug-likeness (QED) is 0.692. The number of carbonyl (C=O) groups excluding carboxylic acids is 1. The molecule has 11 heteroatoms. The lowest BCUT2D eigenvalue weighted by molar-refractivity contribution is 0.102. The zero-order chi connectivity index (χ0) is 18.2. The Morgan fingerprint density at radius 3 is 2.44 bits per heavy atom. The van der Waals surface area contributed by atoms with Crippen LogP contribution >= 0.6 is 34.5 Å². The molecule has 0 aliphatic heterocycles. The minimum Gasteiger partial charge on any atom is -0.403 e. The van der Waals surface area contributed by atoms with E-state index >= 15 is 0 Å². The van der Waals surface area contributed by atoms with E-state index in [4.69, 9.17) is 27.6 Å². The van der Waals surface area contributed by atoms with Crippen molar-refractivity contribution >= 4 is 56.3 Å². The highest BCUT2D eigenvalue weighted by Crippen LogP contribution is 2.31. The molecule has 0 aliphatic rings. The molecule has 2 heterocycles. The number of sulfone groups is 1. The molecule has 0 saturated carbocycles. The summed E-state index contributed by atoms with van der Waals surface area (Å²) in [5.41, 5.74) is 0.714. The number of halogens is 2. The Hall–Kier alpha value is -1.94. The van der Waals surface area contributed by atoms with Gasteiger partial charge in [-0.25, -0.2) is 8.42 Å². The van der Waals surface area contributed by atoms with Crippen LogP contribution in [0.4, 0.5) is 6.01 Å². The number of hydrogen-bond acceptors (Lipinski definition) is 7. The van der Waals surface area contributed by atoms with Gasteiger partial charge in [-0.05, 0) is 30.3 Å². The fourth-order valence-electron chi connectivity index (χ4n) is 1.89. The minimum absolute atomic E-state index is 0.120. The molecule has 0 aliphatic carbocycles. The van der Waals surface area contributed by atoms with E-state index in [2.05, 4.69) is 15.5 Å². The van der Waals surface area contributed by atoms with Gasteiger partial charge in [0.2, 0.25) is 5.89 Å². The van der Waals surface area contributed by atoms with Crippen LogP contribution in [0.3, 0.4) is 0 Å². The van der Waals surface area contributed by atoms with Crippen LogP contribution in [0.1, 0.15) is 10.4 Å². The Morgan fingerprint density at radius 1 is 1.20 bits per heavy atom. The predicted octanol–water partition coefficient (Wildman–Crippen LogP) is 3.76. The Morgan fingerprint density at radius 2 is 1.88 bits per heavy atom. The second kappa shape index (κ2) is 6.75. The molecular formula is C14H9Cl2N3O4S2. The molecule has 1 amide bonds. The summed E-state index contributed by atoms with van der Waals surface area (Å²) in [5, 5.41) is 9.97. The molecule has 2 aromatic heterocycles. The van der Waals surface area contributed by atoms with Crippen LogP contribution in [-0.4, -0.2) is 30.8 Å². The normalized spacial score (nSPS) is 11.5. The first kappa shape index (κ1) is 17.9. The molecule has 0 unspecified atom stereocenters. The van der Waals surface area contributed by atoms with Crippen molar-refractivity contribution in [2.24, 2.45) is 0 Å². The summed E-state index contributed by atoms with van der Waals surface area (Å²) < 4.78 is 28.9. The van der Waals surface area contributed by atoms with Crippen molar-refractivity contribution in [2.45, 2.75) is 4.90 Å². The summed E-state index contributed by atoms with van der Waals surface area (Å²) in [6, 6.07) is 7.24. The molecule has 1 aromatic carbocycles. The first-order chi connectivity index (χ1) is 11.7. The molecule has 0 atom stereocenters. The number of nitrogens with one attached hydrogen (secondary N) is 1. The van der Waals surface area contributed by atoms with E-state index in [1.54, 1.807) is 0 Å². The SMILES string of the molecule is CS(=O)(=O)c1ccc(-c2nnc(NC(=O)c3cc(Cl)sc3Cl)o2)cc1. The van der Waals surface area contributed by atoms with Crippen molar-refractivity contribution in [1.29, 1.82) is 0 Å². The van der Waals surface area contributed by atoms with Crippen LogP contribution in [0.25, 0.3) is 11.5 Å². The van der Waals surface area contributed by atoms with Crippen molar-refractivity contribution in [1.82, 2.24) is 10.2 Å². The number of benzene rings is 1. The van der Waals surface area contributed by atoms with Gasteiger partial charge in [0.15, 0.2) is 9.84 Å². The maximum atomic E-state index is 12.1. The van der Waals surface area contributed by atoms with Gasteiger partial charge in [0.25, 0.3) is 5.91 Å². The van der Waals surface area contributed by atoms with Crippen LogP contribution in [0.15, 0.2) is 39.6 Å². The fourth-order valence-corrected chi connectivity index (χ4v) is 3.98. The molecule has 130 valence electrons. The number of nitrogens with zero attached hydrogens (tertiary/aromatic N) is 2. The molecule has 0 radical (unpaired) electrons. The van der Waals surface area contributed by atoms with E-state index in [1.165, 1.54) is 30.3 Å². The Balaban J connectivity index is 1.78. The van der Waals surface area contributed by atoms with Crippen LogP contribution in [0.2, 0.25) is 8.67 Å². The molecule has 25 heavy (non-hydrogen) atoms. The van der Waals surface area contributed by atoms with Crippen LogP contribution in [-0.2, 0) is 9.84 Å². The third-order valence-corrected chi connectivity index (χ3v) is 5.69. The third kappa shape index (κ3) is 4.01. The minimum atomic E-state index is -3.29. The fraction of sp³-hybridized carbons (Fsp3) is 0.0714. The number of anilines is 1. The first-order valence-corrected chi connectivity index (χ1v) is 10.1. The smallest absolute Gasteiger partial charge is 0.322 e. The maximum absolute atomic E-state index is 12.1. The first-order valence-electron chi connectivity index (χ1n) is 6.64. The van der Waals surface area contributed by atoms with Crippen molar-refractivity contribution in [2.75, 3.05) is 11.6 Å². The van der Waals surface area contributed by atoms with Gasteiger partial charge in [-0.15, -0.1) is 16.4 Å². The van der Waals surface area contributed by atoms with Crippen LogP contribution < -0.4 is 5.32 Å². The second-order valence-electron chi connectivity index (χ2n) is 4.90. The number of hydrogen-bond donors (Lipinski definition) is 1. The van der Waals surface area contributed by atoms with E-state index in [-0.39, 0.29) is 26.7 Å². The monoisotopic (exact) mass is 417 g/mol. The molecule has 1 N–H and O–H groups in total. The number of thiophene rings is 1. The third-order valence-electron chi connectivity index (χ3n) is 3.08. The van der Waals surface area contributed by atoms with Crippen molar-refractivity contribution < 1.29 is 17.6 Å². The lowest BCUT2D eigenvalue weighted by Gasteiger charge is -1.99. The highest BCUT2D eigenvalue weighted by molar-refractivity contribution is 7.90. The zero-order valence-corrected chi connectivity index (χ0v) is 15.6. The van der Waals surface area contributed by atoms with Gasteiger partial charge in [-0.2, -0.15) is 0 Å². The predicted molar refractivity (Wildman–Crippen MR) is 95.1 cm³/mol. The number of rotatable bonds is 4. The summed E-state index contributed by atoms with van der Waals surface area (Å²) in [6.07, 6.45) is 1.12. The van der Waals surface area contributed by atoms with Gasteiger partial charge in [-0.3, -0.25) is 10.1 Å². The van der Waals surface area contributed by atoms with Crippen molar-refractivity contribution in [3.05, 3.63) is 44.6 Å². The molecule has 0 bridgehead atoms. The molecule has 0 saturated heterocycles. The van der Waals surface area contributed by atoms with Gasteiger partial charge in [-0.1, -0.05) is 28.3 Å².